The smallest absolute Gasteiger partial charge is 0.243 e. The quantitative estimate of drug-likeness (QED) is 0.374. The van der Waals surface area contributed by atoms with Crippen molar-refractivity contribution in [3.63, 3.8) is 0 Å². The molecule has 6 heteroatoms. The number of nitrogens with zero attached hydrogens (tertiary/aromatic N) is 2. The summed E-state index contributed by atoms with van der Waals surface area (Å²) in [6.45, 7) is 9.58. The number of hydrogen-bond acceptors (Lipinski definition) is 2. The number of aliphatic imine (C=N–C) groups is 1. The molecule has 1 rings (SSSR count). The summed E-state index contributed by atoms with van der Waals surface area (Å²) in [5.41, 5.74) is 1.28. The van der Waals surface area contributed by atoms with Crippen LogP contribution in [0.1, 0.15) is 39.2 Å². The van der Waals surface area contributed by atoms with Gasteiger partial charge in [-0.1, -0.05) is 51.1 Å². The minimum absolute atomic E-state index is 0. The highest BCUT2D eigenvalue weighted by Crippen LogP contribution is 2.18. The maximum Gasteiger partial charge on any atom is 0.243 e. The van der Waals surface area contributed by atoms with Gasteiger partial charge in [-0.2, -0.15) is 0 Å². The van der Waals surface area contributed by atoms with Crippen LogP contribution in [0, 0.1) is 5.92 Å². The van der Waals surface area contributed by atoms with Gasteiger partial charge in [0.15, 0.2) is 5.96 Å². The summed E-state index contributed by atoms with van der Waals surface area (Å²) in [6.07, 6.45) is 0. The monoisotopic (exact) mass is 460 g/mol. The summed E-state index contributed by atoms with van der Waals surface area (Å²) in [4.78, 5) is 17.8. The van der Waals surface area contributed by atoms with Crippen molar-refractivity contribution in [1.29, 1.82) is 0 Å². The standard InChI is InChI=1S/C19H32N4O.HI/c1-14(2)12-20-19(21-13-18(24)23(5)6)22-16(4)15(3)17-10-8-7-9-11-17;/h7-11,14-16H,12-13H2,1-6H3,(H2,20,21,22);1H. The Balaban J connectivity index is 0.00000576. The molecule has 2 N–H and O–H groups in total. The molecule has 0 heterocycles. The number of rotatable bonds is 7. The maximum absolute atomic E-state index is 11.8. The average Bonchev–Trinajstić information content (AvgIpc) is 2.56. The summed E-state index contributed by atoms with van der Waals surface area (Å²) >= 11 is 0. The lowest BCUT2D eigenvalue weighted by atomic mass is 9.94. The molecule has 2 atom stereocenters. The van der Waals surface area contributed by atoms with Gasteiger partial charge in [-0.25, -0.2) is 4.99 Å². The minimum atomic E-state index is -0.00981. The van der Waals surface area contributed by atoms with Gasteiger partial charge in [0.2, 0.25) is 5.91 Å². The number of guanidine groups is 1. The Kier molecular flexibility index (Phi) is 11.5. The fraction of sp³-hybridized carbons (Fsp3) is 0.579. The van der Waals surface area contributed by atoms with E-state index in [-0.39, 0.29) is 42.5 Å². The molecule has 5 nitrogen and oxygen atoms in total. The third kappa shape index (κ3) is 9.09. The molecule has 0 saturated heterocycles. The molecule has 0 fully saturated rings. The highest BCUT2D eigenvalue weighted by molar-refractivity contribution is 14.0. The number of carbonyl (C=O) groups is 1. The van der Waals surface area contributed by atoms with Gasteiger partial charge in [0, 0.05) is 32.6 Å². The second kappa shape index (κ2) is 12.1. The summed E-state index contributed by atoms with van der Waals surface area (Å²) in [5.74, 6) is 1.52. The van der Waals surface area contributed by atoms with E-state index >= 15 is 0 Å². The van der Waals surface area contributed by atoms with Crippen LogP contribution in [0.15, 0.2) is 35.3 Å². The van der Waals surface area contributed by atoms with E-state index in [4.69, 9.17) is 0 Å². The molecule has 0 aliphatic rings. The van der Waals surface area contributed by atoms with E-state index in [1.807, 2.05) is 6.07 Å². The summed E-state index contributed by atoms with van der Waals surface area (Å²) in [6, 6.07) is 10.6. The highest BCUT2D eigenvalue weighted by Gasteiger charge is 2.16. The lowest BCUT2D eigenvalue weighted by Crippen LogP contribution is -2.45. The van der Waals surface area contributed by atoms with E-state index < -0.39 is 0 Å². The van der Waals surface area contributed by atoms with Crippen molar-refractivity contribution in [3.8, 4) is 0 Å². The van der Waals surface area contributed by atoms with E-state index in [9.17, 15) is 4.79 Å². The predicted octanol–water partition coefficient (Wildman–Crippen LogP) is 3.08. The second-order valence-corrected chi connectivity index (χ2v) is 6.86. The van der Waals surface area contributed by atoms with Crippen molar-refractivity contribution in [2.24, 2.45) is 10.9 Å². The van der Waals surface area contributed by atoms with Gasteiger partial charge >= 0.3 is 0 Å². The Labute approximate surface area is 169 Å². The van der Waals surface area contributed by atoms with Crippen LogP contribution < -0.4 is 10.6 Å². The summed E-state index contributed by atoms with van der Waals surface area (Å²) < 4.78 is 0. The Morgan fingerprint density at radius 3 is 2.24 bits per heavy atom. The molecular formula is C19H33IN4O. The first kappa shape index (κ1) is 23.7. The zero-order valence-electron chi connectivity index (χ0n) is 16.2. The van der Waals surface area contributed by atoms with Gasteiger partial charge in [0.1, 0.15) is 6.54 Å². The third-order valence-electron chi connectivity index (χ3n) is 3.99. The normalized spacial score (nSPS) is 13.6. The van der Waals surface area contributed by atoms with Crippen molar-refractivity contribution >= 4 is 35.8 Å². The third-order valence-corrected chi connectivity index (χ3v) is 3.99. The fourth-order valence-electron chi connectivity index (χ4n) is 2.13. The molecule has 1 aromatic carbocycles. The number of likely N-dealkylation sites (N-methyl/N-ethyl adjacent to an activating group) is 1. The van der Waals surface area contributed by atoms with Gasteiger partial charge in [-0.3, -0.25) is 4.79 Å². The first-order valence-corrected chi connectivity index (χ1v) is 8.61. The number of carbonyl (C=O) groups excluding carboxylic acids is 1. The van der Waals surface area contributed by atoms with E-state index in [0.29, 0.717) is 17.8 Å². The van der Waals surface area contributed by atoms with E-state index in [2.05, 4.69) is 67.6 Å². The van der Waals surface area contributed by atoms with Crippen LogP contribution in [0.2, 0.25) is 0 Å². The SMILES string of the molecule is CC(C)CNC(=NCC(=O)N(C)C)NC(C)C(C)c1ccccc1.I. The molecule has 0 aliphatic carbocycles. The first-order valence-electron chi connectivity index (χ1n) is 8.61. The van der Waals surface area contributed by atoms with Crippen molar-refractivity contribution in [1.82, 2.24) is 15.5 Å². The molecule has 0 aliphatic heterocycles. The Hall–Kier alpha value is -1.31. The van der Waals surface area contributed by atoms with Crippen LogP contribution in [0.4, 0.5) is 0 Å². The minimum Gasteiger partial charge on any atom is -0.356 e. The fourth-order valence-corrected chi connectivity index (χ4v) is 2.13. The van der Waals surface area contributed by atoms with Crippen molar-refractivity contribution in [2.75, 3.05) is 27.2 Å². The van der Waals surface area contributed by atoms with Gasteiger partial charge in [-0.15, -0.1) is 24.0 Å². The van der Waals surface area contributed by atoms with Crippen LogP contribution in [-0.2, 0) is 4.79 Å². The Morgan fingerprint density at radius 1 is 1.12 bits per heavy atom. The molecule has 25 heavy (non-hydrogen) atoms. The lowest BCUT2D eigenvalue weighted by molar-refractivity contribution is -0.127. The number of benzene rings is 1. The molecular weight excluding hydrogens is 427 g/mol. The lowest BCUT2D eigenvalue weighted by Gasteiger charge is -2.24. The zero-order valence-corrected chi connectivity index (χ0v) is 18.6. The Bertz CT molecular complexity index is 531. The van der Waals surface area contributed by atoms with Crippen LogP contribution in [0.25, 0.3) is 0 Å². The van der Waals surface area contributed by atoms with Gasteiger partial charge in [-0.05, 0) is 18.4 Å². The molecule has 0 saturated carbocycles. The number of amides is 1. The molecule has 2 unspecified atom stereocenters. The van der Waals surface area contributed by atoms with Crippen LogP contribution in [0.5, 0.6) is 0 Å². The molecule has 0 aromatic heterocycles. The average molecular weight is 460 g/mol. The number of nitrogens with one attached hydrogen (secondary N) is 2. The maximum atomic E-state index is 11.8. The largest absolute Gasteiger partial charge is 0.356 e. The van der Waals surface area contributed by atoms with Crippen molar-refractivity contribution in [3.05, 3.63) is 35.9 Å². The summed E-state index contributed by atoms with van der Waals surface area (Å²) in [5, 5.41) is 6.75. The molecule has 0 radical (unpaired) electrons. The number of halogens is 1. The van der Waals surface area contributed by atoms with Gasteiger partial charge < -0.3 is 15.5 Å². The first-order chi connectivity index (χ1) is 11.3. The van der Waals surface area contributed by atoms with Crippen LogP contribution >= 0.6 is 24.0 Å². The van der Waals surface area contributed by atoms with Gasteiger partial charge in [0.05, 0.1) is 0 Å². The van der Waals surface area contributed by atoms with Crippen LogP contribution in [0.3, 0.4) is 0 Å². The second-order valence-electron chi connectivity index (χ2n) is 6.86. The summed E-state index contributed by atoms with van der Waals surface area (Å²) in [7, 11) is 3.49. The van der Waals surface area contributed by atoms with Crippen molar-refractivity contribution in [2.45, 2.75) is 39.7 Å². The highest BCUT2D eigenvalue weighted by atomic mass is 127. The predicted molar refractivity (Wildman–Crippen MR) is 117 cm³/mol. The molecule has 142 valence electrons. The van der Waals surface area contributed by atoms with Crippen molar-refractivity contribution < 1.29 is 4.79 Å². The molecule has 1 amide bonds. The molecule has 0 spiro atoms. The zero-order chi connectivity index (χ0) is 18.1. The molecule has 0 bridgehead atoms. The van der Waals surface area contributed by atoms with E-state index in [0.717, 1.165) is 6.54 Å². The molecule has 1 aromatic rings. The Morgan fingerprint density at radius 2 is 1.72 bits per heavy atom. The van der Waals surface area contributed by atoms with E-state index in [1.54, 1.807) is 19.0 Å². The topological polar surface area (TPSA) is 56.7 Å². The number of hydrogen-bond donors (Lipinski definition) is 2. The van der Waals surface area contributed by atoms with Gasteiger partial charge in [0.25, 0.3) is 0 Å². The van der Waals surface area contributed by atoms with E-state index in [1.165, 1.54) is 5.56 Å². The van der Waals surface area contributed by atoms with Crippen LogP contribution in [-0.4, -0.2) is 50.0 Å².